The van der Waals surface area contributed by atoms with Crippen molar-refractivity contribution < 1.29 is 18.0 Å². The Morgan fingerprint density at radius 3 is 2.52 bits per heavy atom. The van der Waals surface area contributed by atoms with Crippen molar-refractivity contribution >= 4 is 43.7 Å². The van der Waals surface area contributed by atoms with E-state index in [4.69, 9.17) is 0 Å². The largest absolute Gasteiger partial charge is 0.273 e. The van der Waals surface area contributed by atoms with Crippen LogP contribution in [0, 0.1) is 5.92 Å². The predicted molar refractivity (Wildman–Crippen MR) is 90.8 cm³/mol. The smallest absolute Gasteiger partial charge is 0.262 e. The third kappa shape index (κ3) is 6.15. The molecule has 1 fully saturated rings. The van der Waals surface area contributed by atoms with Crippen molar-refractivity contribution in [3.05, 3.63) is 40.4 Å². The second-order valence-corrected chi connectivity index (χ2v) is 8.54. The lowest BCUT2D eigenvalue weighted by atomic mass is 10.1. The fraction of sp³-hybridized carbons (Fsp3) is 0.333. The van der Waals surface area contributed by atoms with E-state index >= 15 is 0 Å². The van der Waals surface area contributed by atoms with E-state index in [2.05, 4.69) is 26.8 Å². The quantitative estimate of drug-likeness (QED) is 0.590. The number of carbonyl (C=O) groups is 2. The van der Waals surface area contributed by atoms with E-state index < -0.39 is 21.7 Å². The molecule has 0 unspecified atom stereocenters. The van der Waals surface area contributed by atoms with Gasteiger partial charge in [-0.25, -0.2) is 8.42 Å². The first-order valence-corrected chi connectivity index (χ1v) is 9.68. The van der Waals surface area contributed by atoms with Crippen LogP contribution in [-0.4, -0.2) is 31.7 Å². The highest BCUT2D eigenvalue weighted by Gasteiger charge is 2.29. The summed E-state index contributed by atoms with van der Waals surface area (Å²) >= 11 is 3.32. The van der Waals surface area contributed by atoms with Gasteiger partial charge in [0.15, 0.2) is 9.84 Å². The molecule has 1 aromatic carbocycles. The molecule has 0 aliphatic carbocycles. The van der Waals surface area contributed by atoms with E-state index in [1.165, 1.54) is 6.08 Å². The minimum Gasteiger partial charge on any atom is -0.273 e. The number of hydrazine groups is 1. The predicted octanol–water partition coefficient (Wildman–Crippen LogP) is 1.43. The van der Waals surface area contributed by atoms with Crippen molar-refractivity contribution in [1.82, 2.24) is 10.9 Å². The molecule has 124 valence electrons. The second kappa shape index (κ2) is 7.74. The third-order valence-electron chi connectivity index (χ3n) is 3.42. The molecule has 1 aromatic rings. The summed E-state index contributed by atoms with van der Waals surface area (Å²) in [5.74, 6) is -0.849. The van der Waals surface area contributed by atoms with Gasteiger partial charge in [0.1, 0.15) is 0 Å². The van der Waals surface area contributed by atoms with Gasteiger partial charge in [0, 0.05) is 17.0 Å². The van der Waals surface area contributed by atoms with Crippen LogP contribution in [0.4, 0.5) is 0 Å². The zero-order chi connectivity index (χ0) is 16.9. The summed E-state index contributed by atoms with van der Waals surface area (Å²) in [6.45, 7) is 0. The molecule has 2 rings (SSSR count). The lowest BCUT2D eigenvalue weighted by Crippen LogP contribution is -2.41. The topological polar surface area (TPSA) is 92.3 Å². The molecule has 0 spiro atoms. The van der Waals surface area contributed by atoms with E-state index in [0.29, 0.717) is 6.42 Å². The number of hydrogen-bond acceptors (Lipinski definition) is 4. The van der Waals surface area contributed by atoms with Gasteiger partial charge >= 0.3 is 0 Å². The van der Waals surface area contributed by atoms with Crippen molar-refractivity contribution in [1.29, 1.82) is 0 Å². The number of nitrogens with one attached hydrogen (secondary N) is 2. The van der Waals surface area contributed by atoms with Crippen LogP contribution in [0.3, 0.4) is 0 Å². The summed E-state index contributed by atoms with van der Waals surface area (Å²) in [6.07, 6.45) is 3.52. The van der Waals surface area contributed by atoms with Gasteiger partial charge < -0.3 is 0 Å². The molecule has 0 saturated carbocycles. The highest BCUT2D eigenvalue weighted by Crippen LogP contribution is 2.21. The van der Waals surface area contributed by atoms with Crippen LogP contribution in [0.1, 0.15) is 18.4 Å². The molecule has 0 radical (unpaired) electrons. The highest BCUT2D eigenvalue weighted by molar-refractivity contribution is 9.10. The number of sulfone groups is 1. The third-order valence-corrected chi connectivity index (χ3v) is 5.79. The van der Waals surface area contributed by atoms with Gasteiger partial charge in [-0.15, -0.1) is 0 Å². The number of benzene rings is 1. The average molecular weight is 401 g/mol. The Morgan fingerprint density at radius 2 is 1.91 bits per heavy atom. The van der Waals surface area contributed by atoms with E-state index in [9.17, 15) is 18.0 Å². The van der Waals surface area contributed by atoms with E-state index in [1.807, 2.05) is 24.3 Å². The number of rotatable bonds is 4. The summed E-state index contributed by atoms with van der Waals surface area (Å²) in [5, 5.41) is 0. The normalized spacial score (nSPS) is 19.6. The highest BCUT2D eigenvalue weighted by atomic mass is 79.9. The summed E-state index contributed by atoms with van der Waals surface area (Å²) in [7, 11) is -3.00. The minimum atomic E-state index is -3.00. The molecule has 1 aliphatic rings. The van der Waals surface area contributed by atoms with Gasteiger partial charge in [-0.1, -0.05) is 28.1 Å². The lowest BCUT2D eigenvalue weighted by Gasteiger charge is -2.08. The second-order valence-electron chi connectivity index (χ2n) is 5.40. The van der Waals surface area contributed by atoms with Gasteiger partial charge in [0.05, 0.1) is 11.5 Å². The van der Waals surface area contributed by atoms with Crippen LogP contribution < -0.4 is 10.9 Å². The molecule has 2 N–H and O–H groups in total. The molecular weight excluding hydrogens is 384 g/mol. The van der Waals surface area contributed by atoms with Crippen LogP contribution >= 0.6 is 15.9 Å². The SMILES string of the molecule is O=C(/C=C/c1ccc(Br)cc1)NNC(=O)C[C@@H]1CCS(=O)(=O)C1. The Hall–Kier alpha value is -1.67. The number of halogens is 1. The number of amides is 2. The Kier molecular flexibility index (Phi) is 5.95. The Labute approximate surface area is 143 Å². The van der Waals surface area contributed by atoms with Crippen LogP contribution in [0.5, 0.6) is 0 Å². The van der Waals surface area contributed by atoms with E-state index in [1.54, 1.807) is 6.08 Å². The van der Waals surface area contributed by atoms with Crippen LogP contribution in [0.25, 0.3) is 6.08 Å². The standard InChI is InChI=1S/C15H17BrN2O4S/c16-13-4-1-11(2-5-13)3-6-14(19)17-18-15(20)9-12-7-8-23(21,22)10-12/h1-6,12H,7-10H2,(H,17,19)(H,18,20)/b6-3+/t12-/m0/s1. The fourth-order valence-corrected chi connectivity index (χ4v) is 4.39. The Bertz CT molecular complexity index is 713. The number of carbonyl (C=O) groups excluding carboxylic acids is 2. The molecule has 1 atom stereocenters. The molecule has 8 heteroatoms. The van der Waals surface area contributed by atoms with Crippen LogP contribution in [-0.2, 0) is 19.4 Å². The van der Waals surface area contributed by atoms with Crippen molar-refractivity contribution in [3.8, 4) is 0 Å². The van der Waals surface area contributed by atoms with Crippen LogP contribution in [0.15, 0.2) is 34.8 Å². The van der Waals surface area contributed by atoms with Crippen LogP contribution in [0.2, 0.25) is 0 Å². The summed E-state index contributed by atoms with van der Waals surface area (Å²) in [6, 6.07) is 7.39. The van der Waals surface area contributed by atoms with E-state index in [0.717, 1.165) is 10.0 Å². The maximum absolute atomic E-state index is 11.7. The first-order chi connectivity index (χ1) is 10.8. The summed E-state index contributed by atoms with van der Waals surface area (Å²) < 4.78 is 23.6. The first-order valence-electron chi connectivity index (χ1n) is 7.07. The molecule has 0 aromatic heterocycles. The maximum atomic E-state index is 11.7. The van der Waals surface area contributed by atoms with Gasteiger partial charge in [-0.05, 0) is 36.1 Å². The minimum absolute atomic E-state index is 0.0395. The Morgan fingerprint density at radius 1 is 1.22 bits per heavy atom. The molecule has 2 amide bonds. The summed E-state index contributed by atoms with van der Waals surface area (Å²) in [4.78, 5) is 23.3. The zero-order valence-corrected chi connectivity index (χ0v) is 14.7. The molecule has 1 heterocycles. The van der Waals surface area contributed by atoms with Crippen molar-refractivity contribution in [2.75, 3.05) is 11.5 Å². The molecular formula is C15H17BrN2O4S. The number of hydrogen-bond donors (Lipinski definition) is 2. The fourth-order valence-electron chi connectivity index (χ4n) is 2.26. The van der Waals surface area contributed by atoms with Gasteiger partial charge in [-0.3, -0.25) is 20.4 Å². The molecule has 6 nitrogen and oxygen atoms in total. The summed E-state index contributed by atoms with van der Waals surface area (Å²) in [5.41, 5.74) is 5.42. The monoisotopic (exact) mass is 400 g/mol. The zero-order valence-electron chi connectivity index (χ0n) is 12.3. The van der Waals surface area contributed by atoms with Gasteiger partial charge in [0.2, 0.25) is 5.91 Å². The van der Waals surface area contributed by atoms with E-state index in [-0.39, 0.29) is 23.8 Å². The Balaban J connectivity index is 1.73. The van der Waals surface area contributed by atoms with Crippen molar-refractivity contribution in [3.63, 3.8) is 0 Å². The molecule has 23 heavy (non-hydrogen) atoms. The molecule has 1 saturated heterocycles. The first kappa shape index (κ1) is 17.7. The average Bonchev–Trinajstić information content (AvgIpc) is 2.83. The van der Waals surface area contributed by atoms with Crippen molar-refractivity contribution in [2.24, 2.45) is 5.92 Å². The van der Waals surface area contributed by atoms with Gasteiger partial charge in [0.25, 0.3) is 5.91 Å². The molecule has 1 aliphatic heterocycles. The lowest BCUT2D eigenvalue weighted by molar-refractivity contribution is -0.127. The van der Waals surface area contributed by atoms with Gasteiger partial charge in [-0.2, -0.15) is 0 Å². The van der Waals surface area contributed by atoms with Crippen molar-refractivity contribution in [2.45, 2.75) is 12.8 Å². The maximum Gasteiger partial charge on any atom is 0.262 e. The molecule has 0 bridgehead atoms.